The number of carbonyl (C=O) groups is 1. The van der Waals surface area contributed by atoms with E-state index < -0.39 is 16.1 Å². The lowest BCUT2D eigenvalue weighted by Gasteiger charge is -2.23. The first kappa shape index (κ1) is 14.7. The molecule has 0 aliphatic rings. The predicted octanol–water partition coefficient (Wildman–Crippen LogP) is 3.55. The maximum Gasteiger partial charge on any atom is 0.130 e. The van der Waals surface area contributed by atoms with Crippen LogP contribution in [0.4, 0.5) is 0 Å². The van der Waals surface area contributed by atoms with E-state index in [0.29, 0.717) is 12.0 Å². The van der Waals surface area contributed by atoms with E-state index in [0.717, 1.165) is 0 Å². The zero-order valence-electron chi connectivity index (χ0n) is 11.2. The molecule has 1 atom stereocenters. The van der Waals surface area contributed by atoms with Gasteiger partial charge in [-0.1, -0.05) is 39.3 Å². The zero-order valence-corrected chi connectivity index (χ0v) is 13.2. The molecule has 1 unspecified atom stereocenters. The average Bonchev–Trinajstić information content (AvgIpc) is 1.93. The summed E-state index contributed by atoms with van der Waals surface area (Å²) in [5, 5.41) is 0. The van der Waals surface area contributed by atoms with Crippen LogP contribution in [0.5, 0.6) is 0 Å². The van der Waals surface area contributed by atoms with Gasteiger partial charge in [-0.15, -0.1) is 11.5 Å². The van der Waals surface area contributed by atoms with Gasteiger partial charge >= 0.3 is 0 Å². The van der Waals surface area contributed by atoms with Crippen molar-refractivity contribution in [1.82, 2.24) is 0 Å². The van der Waals surface area contributed by atoms with Gasteiger partial charge in [0.1, 0.15) is 13.9 Å². The fourth-order valence-electron chi connectivity index (χ4n) is 1.16. The van der Waals surface area contributed by atoms with Crippen molar-refractivity contribution in [2.75, 3.05) is 0 Å². The highest BCUT2D eigenvalue weighted by molar-refractivity contribution is 6.84. The van der Waals surface area contributed by atoms with E-state index in [9.17, 15) is 4.79 Å². The van der Waals surface area contributed by atoms with Gasteiger partial charge in [0.05, 0.1) is 8.07 Å². The molecule has 0 radical (unpaired) electrons. The Hall–Kier alpha value is -0.336. The van der Waals surface area contributed by atoms with Gasteiger partial charge in [-0.2, -0.15) is 0 Å². The van der Waals surface area contributed by atoms with E-state index in [1.165, 1.54) is 0 Å². The van der Waals surface area contributed by atoms with E-state index >= 15 is 0 Å². The highest BCUT2D eigenvalue weighted by Gasteiger charge is 2.26. The van der Waals surface area contributed by atoms with Gasteiger partial charge in [0.2, 0.25) is 0 Å². The molecule has 0 aliphatic heterocycles. The third-order valence-electron chi connectivity index (χ3n) is 2.16. The molecule has 0 saturated carbocycles. The number of carbonyl (C=O) groups excluding carboxylic acids is 1. The van der Waals surface area contributed by atoms with Crippen molar-refractivity contribution in [1.29, 1.82) is 0 Å². The second kappa shape index (κ2) is 5.13. The first-order valence-electron chi connectivity index (χ1n) is 5.54. The normalized spacial score (nSPS) is 14.1. The van der Waals surface area contributed by atoms with Crippen molar-refractivity contribution in [2.24, 2.45) is 0 Å². The number of Topliss-reactive ketones (excluding diaryl/α,β-unsaturated/α-hetero) is 1. The van der Waals surface area contributed by atoms with Crippen LogP contribution in [-0.2, 0) is 4.79 Å². The van der Waals surface area contributed by atoms with Crippen LogP contribution < -0.4 is 0 Å². The van der Waals surface area contributed by atoms with Gasteiger partial charge in [0, 0.05) is 12.0 Å². The van der Waals surface area contributed by atoms with Gasteiger partial charge in [-0.3, -0.25) is 4.79 Å². The summed E-state index contributed by atoms with van der Waals surface area (Å²) in [6, 6.07) is 0. The largest absolute Gasteiger partial charge is 0.300 e. The van der Waals surface area contributed by atoms with Crippen molar-refractivity contribution < 1.29 is 4.79 Å². The maximum atomic E-state index is 11.2. The first-order chi connectivity index (χ1) is 6.52. The van der Waals surface area contributed by atoms with Crippen molar-refractivity contribution in [3.05, 3.63) is 0 Å². The SMILES string of the molecule is CC(=O)CC(C#C[Si](C)(C)C)[Si](C)(C)C. The summed E-state index contributed by atoms with van der Waals surface area (Å²) >= 11 is 0. The molecular formula is C12H24OSi2. The molecule has 0 saturated heterocycles. The molecule has 0 N–H and O–H groups in total. The summed E-state index contributed by atoms with van der Waals surface area (Å²) in [5.41, 5.74) is 3.74. The van der Waals surface area contributed by atoms with Crippen LogP contribution in [0.3, 0.4) is 0 Å². The van der Waals surface area contributed by atoms with E-state index in [-0.39, 0.29) is 5.78 Å². The minimum atomic E-state index is -1.32. The Labute approximate surface area is 96.7 Å². The molecule has 15 heavy (non-hydrogen) atoms. The molecule has 86 valence electrons. The van der Waals surface area contributed by atoms with Gasteiger partial charge in [-0.25, -0.2) is 0 Å². The lowest BCUT2D eigenvalue weighted by molar-refractivity contribution is -0.116. The highest BCUT2D eigenvalue weighted by atomic mass is 28.3. The third kappa shape index (κ3) is 7.58. The van der Waals surface area contributed by atoms with Crippen molar-refractivity contribution in [2.45, 2.75) is 58.2 Å². The Morgan fingerprint density at radius 3 is 1.87 bits per heavy atom. The number of ketones is 1. The molecule has 3 heteroatoms. The summed E-state index contributed by atoms with van der Waals surface area (Å²) in [6.45, 7) is 15.3. The Balaban J connectivity index is 4.80. The summed E-state index contributed by atoms with van der Waals surface area (Å²) < 4.78 is 0. The van der Waals surface area contributed by atoms with E-state index in [1.54, 1.807) is 6.92 Å². The lowest BCUT2D eigenvalue weighted by atomic mass is 10.2. The Bertz CT molecular complexity index is 283. The number of hydrogen-bond donors (Lipinski definition) is 0. The van der Waals surface area contributed by atoms with E-state index in [2.05, 4.69) is 50.7 Å². The van der Waals surface area contributed by atoms with Crippen molar-refractivity contribution >= 4 is 21.9 Å². The molecular weight excluding hydrogens is 216 g/mol. The Kier molecular flexibility index (Phi) is 5.02. The number of rotatable bonds is 3. The molecule has 0 aromatic carbocycles. The smallest absolute Gasteiger partial charge is 0.130 e. The second-order valence-electron chi connectivity index (χ2n) is 6.34. The number of hydrogen-bond acceptors (Lipinski definition) is 1. The molecule has 0 aromatic heterocycles. The molecule has 0 aromatic rings. The molecule has 0 fully saturated rings. The Morgan fingerprint density at radius 2 is 1.60 bits per heavy atom. The summed E-state index contributed by atoms with van der Waals surface area (Å²) in [5.74, 6) is 3.65. The summed E-state index contributed by atoms with van der Waals surface area (Å²) in [4.78, 5) is 11.2. The standard InChI is InChI=1S/C12H24OSi2/c1-11(13)10-12(15(5,6)7)8-9-14(2,3)4/h12H,10H2,1-7H3. The fourth-order valence-corrected chi connectivity index (χ4v) is 3.32. The van der Waals surface area contributed by atoms with Gasteiger partial charge in [0.15, 0.2) is 0 Å². The van der Waals surface area contributed by atoms with Crippen LogP contribution in [0.25, 0.3) is 0 Å². The molecule has 0 spiro atoms. The summed E-state index contributed by atoms with van der Waals surface area (Å²) in [7, 11) is -2.62. The van der Waals surface area contributed by atoms with Crippen molar-refractivity contribution in [3.8, 4) is 11.5 Å². The predicted molar refractivity (Wildman–Crippen MR) is 73.5 cm³/mol. The topological polar surface area (TPSA) is 17.1 Å². The van der Waals surface area contributed by atoms with Gasteiger partial charge in [-0.05, 0) is 6.92 Å². The van der Waals surface area contributed by atoms with Crippen molar-refractivity contribution in [3.63, 3.8) is 0 Å². The minimum Gasteiger partial charge on any atom is -0.300 e. The molecule has 0 aliphatic carbocycles. The van der Waals surface area contributed by atoms with Gasteiger partial charge in [0.25, 0.3) is 0 Å². The molecule has 0 amide bonds. The van der Waals surface area contributed by atoms with Gasteiger partial charge < -0.3 is 0 Å². The zero-order chi connectivity index (χ0) is 12.3. The van der Waals surface area contributed by atoms with E-state index in [4.69, 9.17) is 0 Å². The van der Waals surface area contributed by atoms with E-state index in [1.807, 2.05) is 0 Å². The highest BCUT2D eigenvalue weighted by Crippen LogP contribution is 2.25. The lowest BCUT2D eigenvalue weighted by Crippen LogP contribution is -2.29. The third-order valence-corrected chi connectivity index (χ3v) is 5.49. The average molecular weight is 240 g/mol. The fraction of sp³-hybridized carbons (Fsp3) is 0.750. The summed E-state index contributed by atoms with van der Waals surface area (Å²) in [6.07, 6.45) is 0.646. The second-order valence-corrected chi connectivity index (χ2v) is 16.5. The molecule has 0 rings (SSSR count). The van der Waals surface area contributed by atoms with Crippen LogP contribution >= 0.6 is 0 Å². The first-order valence-corrected chi connectivity index (χ1v) is 12.6. The quantitative estimate of drug-likeness (QED) is 0.544. The van der Waals surface area contributed by atoms with Crippen LogP contribution in [0.2, 0.25) is 44.8 Å². The molecule has 0 bridgehead atoms. The molecule has 1 nitrogen and oxygen atoms in total. The van der Waals surface area contributed by atoms with Crippen LogP contribution in [0.1, 0.15) is 13.3 Å². The van der Waals surface area contributed by atoms with Crippen LogP contribution in [-0.4, -0.2) is 21.9 Å². The van der Waals surface area contributed by atoms with Crippen LogP contribution in [0, 0.1) is 11.5 Å². The minimum absolute atomic E-state index is 0.271. The maximum absolute atomic E-state index is 11.2. The van der Waals surface area contributed by atoms with Crippen LogP contribution in [0.15, 0.2) is 0 Å². The monoisotopic (exact) mass is 240 g/mol. The Morgan fingerprint density at radius 1 is 1.13 bits per heavy atom. The molecule has 0 heterocycles.